The summed E-state index contributed by atoms with van der Waals surface area (Å²) in [4.78, 5) is 12.1. The van der Waals surface area contributed by atoms with E-state index in [1.807, 2.05) is 37.3 Å². The molecular weight excluding hydrogens is 567 g/mol. The predicted molar refractivity (Wildman–Crippen MR) is 145 cm³/mol. The summed E-state index contributed by atoms with van der Waals surface area (Å²) in [6.45, 7) is 4.09. The molecule has 0 aliphatic carbocycles. The number of hydrogen-bond donors (Lipinski definition) is 0. The van der Waals surface area contributed by atoms with Crippen molar-refractivity contribution in [2.45, 2.75) is 45.7 Å². The van der Waals surface area contributed by atoms with Crippen LogP contribution >= 0.6 is 11.6 Å². The minimum atomic E-state index is -4.42. The zero-order valence-electron chi connectivity index (χ0n) is 21.7. The molecule has 12 heteroatoms. The average Bonchev–Trinajstić information content (AvgIpc) is 2.91. The van der Waals surface area contributed by atoms with Gasteiger partial charge < -0.3 is 4.74 Å². The van der Waals surface area contributed by atoms with Crippen LogP contribution in [0.2, 0.25) is 5.02 Å². The second-order valence-electron chi connectivity index (χ2n) is 8.28. The van der Waals surface area contributed by atoms with Gasteiger partial charge in [0.05, 0.1) is 22.0 Å². The molecule has 4 aromatic rings. The van der Waals surface area contributed by atoms with Gasteiger partial charge in [-0.3, -0.25) is 0 Å². The standard InChI is InChI=1S/C21H19ClF3N3O.C7H8.O3S/c1-2-17-20(22)18(28-13-27-17)5-3-4-14-6-9-16(10-7-14)29-19-11-8-15(12-26-19)21(23,24)25;1-7-5-3-2-4-6-7;1-4(2)3/h6-13H,2-5H2,1H3;2-6H,1H3;. The molecule has 0 spiro atoms. The first-order chi connectivity index (χ1) is 19.0. The van der Waals surface area contributed by atoms with E-state index in [1.54, 1.807) is 18.5 Å². The Morgan fingerprint density at radius 1 is 0.850 bits per heavy atom. The molecule has 0 N–H and O–H groups in total. The van der Waals surface area contributed by atoms with Gasteiger partial charge in [0.15, 0.2) is 0 Å². The Balaban J connectivity index is 0.000000426. The fourth-order valence-corrected chi connectivity index (χ4v) is 3.64. The number of nitrogens with zero attached hydrogens (tertiary/aromatic N) is 3. The van der Waals surface area contributed by atoms with E-state index >= 15 is 0 Å². The molecule has 0 amide bonds. The SMILES string of the molecule is CCc1ncnc(CCCc2ccc(Oc3ccc(C(F)(F)F)cn3)cc2)c1Cl.Cc1ccccc1.O=S(=O)=O. The van der Waals surface area contributed by atoms with Gasteiger partial charge in [0.2, 0.25) is 5.88 Å². The summed E-state index contributed by atoms with van der Waals surface area (Å²) in [6, 6.07) is 19.8. The number of aromatic nitrogens is 3. The fraction of sp³-hybridized carbons (Fsp3) is 0.250. The number of hydrogen-bond acceptors (Lipinski definition) is 7. The van der Waals surface area contributed by atoms with Gasteiger partial charge in [-0.1, -0.05) is 66.6 Å². The minimum absolute atomic E-state index is 0.107. The first-order valence-electron chi connectivity index (χ1n) is 12.1. The van der Waals surface area contributed by atoms with E-state index in [0.717, 1.165) is 54.9 Å². The second-order valence-corrected chi connectivity index (χ2v) is 9.06. The van der Waals surface area contributed by atoms with Crippen LogP contribution in [0.4, 0.5) is 13.2 Å². The predicted octanol–water partition coefficient (Wildman–Crippen LogP) is 7.06. The second kappa shape index (κ2) is 16.3. The van der Waals surface area contributed by atoms with Crippen LogP contribution in [0.1, 0.15) is 41.4 Å². The molecule has 7 nitrogen and oxygen atoms in total. The van der Waals surface area contributed by atoms with Gasteiger partial charge in [-0.25, -0.2) is 15.0 Å². The van der Waals surface area contributed by atoms with Gasteiger partial charge in [0.25, 0.3) is 0 Å². The molecule has 40 heavy (non-hydrogen) atoms. The molecule has 212 valence electrons. The molecule has 0 unspecified atom stereocenters. The van der Waals surface area contributed by atoms with Crippen molar-refractivity contribution in [1.82, 2.24) is 15.0 Å². The lowest BCUT2D eigenvalue weighted by Gasteiger charge is -2.09. The maximum Gasteiger partial charge on any atom is 0.425 e. The molecule has 0 saturated carbocycles. The third-order valence-electron chi connectivity index (χ3n) is 5.30. The van der Waals surface area contributed by atoms with E-state index in [4.69, 9.17) is 29.0 Å². The number of ether oxygens (including phenoxy) is 1. The van der Waals surface area contributed by atoms with Crippen molar-refractivity contribution in [3.8, 4) is 11.6 Å². The third-order valence-corrected chi connectivity index (χ3v) is 5.73. The molecule has 0 bridgehead atoms. The summed E-state index contributed by atoms with van der Waals surface area (Å²) in [5.74, 6) is 0.614. The van der Waals surface area contributed by atoms with Gasteiger partial charge in [-0.15, -0.1) is 12.6 Å². The van der Waals surface area contributed by atoms with Crippen LogP contribution in [0.3, 0.4) is 0 Å². The Hall–Kier alpha value is -3.83. The van der Waals surface area contributed by atoms with Crippen molar-refractivity contribution in [3.05, 3.63) is 112 Å². The normalized spacial score (nSPS) is 10.4. The molecule has 2 aromatic carbocycles. The highest BCUT2D eigenvalue weighted by molar-refractivity contribution is 7.59. The molecule has 0 fully saturated rings. The highest BCUT2D eigenvalue weighted by Gasteiger charge is 2.30. The number of alkyl halides is 3. The van der Waals surface area contributed by atoms with Crippen molar-refractivity contribution in [2.75, 3.05) is 0 Å². The molecule has 2 aromatic heterocycles. The maximum absolute atomic E-state index is 12.6. The van der Waals surface area contributed by atoms with Crippen LogP contribution in [-0.2, 0) is 36.0 Å². The van der Waals surface area contributed by atoms with Crippen molar-refractivity contribution >= 4 is 22.2 Å². The van der Waals surface area contributed by atoms with Crippen LogP contribution in [0.5, 0.6) is 11.6 Å². The van der Waals surface area contributed by atoms with E-state index in [1.165, 1.54) is 11.6 Å². The van der Waals surface area contributed by atoms with Crippen molar-refractivity contribution in [3.63, 3.8) is 0 Å². The van der Waals surface area contributed by atoms with E-state index in [0.29, 0.717) is 10.8 Å². The lowest BCUT2D eigenvalue weighted by molar-refractivity contribution is -0.137. The summed E-state index contributed by atoms with van der Waals surface area (Å²) in [5, 5.41) is 0.641. The lowest BCUT2D eigenvalue weighted by atomic mass is 10.1. The Labute approximate surface area is 237 Å². The van der Waals surface area contributed by atoms with Crippen LogP contribution in [0.25, 0.3) is 0 Å². The molecule has 2 heterocycles. The largest absolute Gasteiger partial charge is 0.439 e. The van der Waals surface area contributed by atoms with Crippen LogP contribution in [0.15, 0.2) is 79.3 Å². The Kier molecular flexibility index (Phi) is 13.2. The fourth-order valence-electron chi connectivity index (χ4n) is 3.32. The number of benzene rings is 2. The Morgan fingerprint density at radius 3 is 1.98 bits per heavy atom. The summed E-state index contributed by atoms with van der Waals surface area (Å²) in [5.41, 5.74) is 3.33. The molecule has 0 radical (unpaired) electrons. The highest BCUT2D eigenvalue weighted by atomic mass is 35.5. The van der Waals surface area contributed by atoms with Gasteiger partial charge >= 0.3 is 16.8 Å². The van der Waals surface area contributed by atoms with Gasteiger partial charge in [0, 0.05) is 12.3 Å². The molecule has 0 aliphatic rings. The molecule has 0 atom stereocenters. The number of halogens is 4. The van der Waals surface area contributed by atoms with Gasteiger partial charge in [-0.2, -0.15) is 13.2 Å². The van der Waals surface area contributed by atoms with Gasteiger partial charge in [0.1, 0.15) is 12.1 Å². The van der Waals surface area contributed by atoms with Crippen LogP contribution in [0, 0.1) is 6.92 Å². The Morgan fingerprint density at radius 2 is 1.48 bits per heavy atom. The molecule has 0 aliphatic heterocycles. The first-order valence-corrected chi connectivity index (χ1v) is 13.4. The zero-order valence-corrected chi connectivity index (χ0v) is 23.3. The summed E-state index contributed by atoms with van der Waals surface area (Å²) in [6.07, 6.45) is 1.11. The number of rotatable bonds is 7. The topological polar surface area (TPSA) is 99.1 Å². The molecule has 0 saturated heterocycles. The highest BCUT2D eigenvalue weighted by Crippen LogP contribution is 2.30. The van der Waals surface area contributed by atoms with E-state index in [9.17, 15) is 13.2 Å². The monoisotopic (exact) mass is 593 g/mol. The number of aryl methyl sites for hydroxylation is 4. The van der Waals surface area contributed by atoms with Crippen LogP contribution in [-0.4, -0.2) is 27.6 Å². The maximum atomic E-state index is 12.6. The zero-order chi connectivity index (χ0) is 29.5. The third kappa shape index (κ3) is 11.9. The lowest BCUT2D eigenvalue weighted by Crippen LogP contribution is -2.05. The molecular formula is C28H27ClF3N3O4S. The summed E-state index contributed by atoms with van der Waals surface area (Å²) in [7, 11) is -3.11. The van der Waals surface area contributed by atoms with Crippen molar-refractivity contribution in [2.24, 2.45) is 0 Å². The van der Waals surface area contributed by atoms with Crippen LogP contribution < -0.4 is 4.74 Å². The summed E-state index contributed by atoms with van der Waals surface area (Å²) < 4.78 is 68.5. The van der Waals surface area contributed by atoms with Crippen molar-refractivity contribution in [1.29, 1.82) is 0 Å². The van der Waals surface area contributed by atoms with E-state index in [-0.39, 0.29) is 5.88 Å². The smallest absolute Gasteiger partial charge is 0.425 e. The van der Waals surface area contributed by atoms with E-state index < -0.39 is 22.3 Å². The number of pyridine rings is 1. The van der Waals surface area contributed by atoms with Gasteiger partial charge in [-0.05, 0) is 56.4 Å². The minimum Gasteiger partial charge on any atom is -0.439 e. The first kappa shape index (κ1) is 32.4. The average molecular weight is 594 g/mol. The van der Waals surface area contributed by atoms with Crippen molar-refractivity contribution < 1.29 is 30.5 Å². The quantitative estimate of drug-likeness (QED) is 0.226. The van der Waals surface area contributed by atoms with E-state index in [2.05, 4.69) is 34.0 Å². The Bertz CT molecular complexity index is 1430. The molecule has 4 rings (SSSR count). The summed E-state index contributed by atoms with van der Waals surface area (Å²) >= 11 is 6.31.